The van der Waals surface area contributed by atoms with Crippen LogP contribution in [0.4, 0.5) is 0 Å². The first-order valence-electron chi connectivity index (χ1n) is 9.11. The third kappa shape index (κ3) is 3.35. The van der Waals surface area contributed by atoms with Crippen LogP contribution in [0.1, 0.15) is 5.69 Å². The van der Waals surface area contributed by atoms with Crippen LogP contribution in [0.2, 0.25) is 5.02 Å². The highest BCUT2D eigenvalue weighted by molar-refractivity contribution is 7.98. The molecule has 5 aromatic rings. The Kier molecular flexibility index (Phi) is 4.94. The Morgan fingerprint density at radius 1 is 1.13 bits per heavy atom. The SMILES string of the molecule is C=Cn1c(SCc2cn3cc(Cl)ccc3n2)nc(=O)c2c(-c3ccccc3)csc21. The maximum atomic E-state index is 12.9. The fourth-order valence-electron chi connectivity index (χ4n) is 3.33. The lowest BCUT2D eigenvalue weighted by Crippen LogP contribution is -2.12. The molecule has 0 bridgehead atoms. The molecule has 8 heteroatoms. The number of pyridine rings is 1. The van der Waals surface area contributed by atoms with Crippen molar-refractivity contribution >= 4 is 56.8 Å². The Morgan fingerprint density at radius 2 is 1.97 bits per heavy atom. The number of nitrogens with zero attached hydrogens (tertiary/aromatic N) is 4. The first-order valence-corrected chi connectivity index (χ1v) is 11.4. The summed E-state index contributed by atoms with van der Waals surface area (Å²) >= 11 is 9.02. The predicted molar refractivity (Wildman–Crippen MR) is 125 cm³/mol. The van der Waals surface area contributed by atoms with Gasteiger partial charge in [-0.25, -0.2) is 4.98 Å². The van der Waals surface area contributed by atoms with Crippen molar-refractivity contribution in [3.63, 3.8) is 0 Å². The van der Waals surface area contributed by atoms with Gasteiger partial charge in [-0.3, -0.25) is 9.36 Å². The van der Waals surface area contributed by atoms with Crippen molar-refractivity contribution in [2.24, 2.45) is 0 Å². The highest BCUT2D eigenvalue weighted by Gasteiger charge is 2.17. The van der Waals surface area contributed by atoms with Crippen molar-refractivity contribution in [3.8, 4) is 11.1 Å². The Hall–Kier alpha value is -2.87. The summed E-state index contributed by atoms with van der Waals surface area (Å²) in [5.41, 5.74) is 3.38. The second-order valence-electron chi connectivity index (χ2n) is 6.58. The van der Waals surface area contributed by atoms with Gasteiger partial charge in [0.05, 0.1) is 16.1 Å². The standard InChI is InChI=1S/C22H15ClN4OS2/c1-2-27-21-19(17(13-29-21)14-6-4-3-5-7-14)20(28)25-22(27)30-12-16-11-26-10-15(23)8-9-18(26)24-16/h2-11,13H,1,12H2. The van der Waals surface area contributed by atoms with E-state index in [-0.39, 0.29) is 5.56 Å². The second-order valence-corrected chi connectivity index (χ2v) is 8.82. The van der Waals surface area contributed by atoms with Gasteiger partial charge in [-0.2, -0.15) is 4.98 Å². The number of rotatable bonds is 5. The quantitative estimate of drug-likeness (QED) is 0.250. The topological polar surface area (TPSA) is 52.2 Å². The van der Waals surface area contributed by atoms with Gasteiger partial charge >= 0.3 is 0 Å². The van der Waals surface area contributed by atoms with Gasteiger partial charge in [0.2, 0.25) is 0 Å². The first-order chi connectivity index (χ1) is 14.6. The van der Waals surface area contributed by atoms with E-state index in [0.29, 0.717) is 21.3 Å². The maximum Gasteiger partial charge on any atom is 0.283 e. The molecular formula is C22H15ClN4OS2. The molecule has 0 saturated heterocycles. The van der Waals surface area contributed by atoms with Crippen molar-refractivity contribution in [1.29, 1.82) is 0 Å². The van der Waals surface area contributed by atoms with Crippen molar-refractivity contribution in [1.82, 2.24) is 18.9 Å². The largest absolute Gasteiger partial charge is 0.305 e. The Bertz CT molecular complexity index is 1450. The van der Waals surface area contributed by atoms with Crippen LogP contribution in [0, 0.1) is 0 Å². The van der Waals surface area contributed by atoms with E-state index in [0.717, 1.165) is 27.3 Å². The average Bonchev–Trinajstić information content (AvgIpc) is 3.37. The van der Waals surface area contributed by atoms with Gasteiger partial charge in [0.25, 0.3) is 5.56 Å². The molecule has 30 heavy (non-hydrogen) atoms. The summed E-state index contributed by atoms with van der Waals surface area (Å²) in [7, 11) is 0. The van der Waals surface area contributed by atoms with E-state index in [1.165, 1.54) is 23.1 Å². The molecule has 0 aliphatic carbocycles. The number of hydrogen-bond donors (Lipinski definition) is 0. The van der Waals surface area contributed by atoms with Crippen LogP contribution in [0.3, 0.4) is 0 Å². The molecule has 0 N–H and O–H groups in total. The minimum Gasteiger partial charge on any atom is -0.305 e. The monoisotopic (exact) mass is 450 g/mol. The van der Waals surface area contributed by atoms with Crippen LogP contribution in [0.25, 0.3) is 33.2 Å². The summed E-state index contributed by atoms with van der Waals surface area (Å²) in [5, 5.41) is 3.87. The molecular weight excluding hydrogens is 436 g/mol. The minimum absolute atomic E-state index is 0.229. The number of thiophene rings is 1. The van der Waals surface area contributed by atoms with Gasteiger partial charge in [0, 0.05) is 35.3 Å². The third-order valence-corrected chi connectivity index (χ3v) is 6.88. The fraction of sp³-hybridized carbons (Fsp3) is 0.0455. The van der Waals surface area contributed by atoms with Crippen LogP contribution in [-0.4, -0.2) is 18.9 Å². The van der Waals surface area contributed by atoms with E-state index in [4.69, 9.17) is 11.6 Å². The Labute approximate surface area is 185 Å². The number of hydrogen-bond acceptors (Lipinski definition) is 5. The summed E-state index contributed by atoms with van der Waals surface area (Å²) in [6, 6.07) is 13.6. The summed E-state index contributed by atoms with van der Waals surface area (Å²) in [6.07, 6.45) is 5.45. The summed E-state index contributed by atoms with van der Waals surface area (Å²) in [5.74, 6) is 0.571. The van der Waals surface area contributed by atoms with Crippen molar-refractivity contribution < 1.29 is 0 Å². The summed E-state index contributed by atoms with van der Waals surface area (Å²) < 4.78 is 3.77. The lowest BCUT2D eigenvalue weighted by molar-refractivity contribution is 0.893. The number of benzene rings is 1. The Morgan fingerprint density at radius 3 is 2.77 bits per heavy atom. The minimum atomic E-state index is -0.229. The second kappa shape index (κ2) is 7.75. The van der Waals surface area contributed by atoms with Gasteiger partial charge in [-0.1, -0.05) is 60.3 Å². The van der Waals surface area contributed by atoms with Crippen molar-refractivity contribution in [3.05, 3.63) is 87.9 Å². The molecule has 5 rings (SSSR count). The van der Waals surface area contributed by atoms with Crippen LogP contribution in [0.5, 0.6) is 0 Å². The van der Waals surface area contributed by atoms with E-state index in [1.807, 2.05) is 69.2 Å². The molecule has 0 aliphatic heterocycles. The molecule has 148 valence electrons. The number of halogens is 1. The van der Waals surface area contributed by atoms with Crippen LogP contribution in [0.15, 0.2) is 76.8 Å². The molecule has 0 amide bonds. The molecule has 0 atom stereocenters. The molecule has 0 aliphatic rings. The molecule has 5 nitrogen and oxygen atoms in total. The van der Waals surface area contributed by atoms with Gasteiger partial charge in [-0.15, -0.1) is 11.3 Å². The van der Waals surface area contributed by atoms with E-state index in [1.54, 1.807) is 6.20 Å². The zero-order chi connectivity index (χ0) is 20.7. The first kappa shape index (κ1) is 19.1. The number of imidazole rings is 1. The smallest absolute Gasteiger partial charge is 0.283 e. The summed E-state index contributed by atoms with van der Waals surface area (Å²) in [6.45, 7) is 3.93. The molecule has 0 spiro atoms. The lowest BCUT2D eigenvalue weighted by Gasteiger charge is -2.08. The van der Waals surface area contributed by atoms with Crippen LogP contribution >= 0.6 is 34.7 Å². The predicted octanol–water partition coefficient (Wildman–Crippen LogP) is 5.82. The highest BCUT2D eigenvalue weighted by Crippen LogP contribution is 2.34. The molecule has 0 fully saturated rings. The number of fused-ring (bicyclic) bond motifs is 2. The average molecular weight is 451 g/mol. The van der Waals surface area contributed by atoms with Crippen LogP contribution in [-0.2, 0) is 5.75 Å². The molecule has 1 aromatic carbocycles. The van der Waals surface area contributed by atoms with Crippen molar-refractivity contribution in [2.45, 2.75) is 10.9 Å². The number of thioether (sulfide) groups is 1. The number of aromatic nitrogens is 4. The third-order valence-electron chi connectivity index (χ3n) is 4.69. The van der Waals surface area contributed by atoms with E-state index in [2.05, 4.69) is 16.5 Å². The normalized spacial score (nSPS) is 11.4. The fourth-order valence-corrected chi connectivity index (χ4v) is 5.50. The van der Waals surface area contributed by atoms with Gasteiger partial charge < -0.3 is 4.40 Å². The maximum absolute atomic E-state index is 12.9. The highest BCUT2D eigenvalue weighted by atomic mass is 35.5. The van der Waals surface area contributed by atoms with E-state index in [9.17, 15) is 4.79 Å². The molecule has 0 saturated carbocycles. The lowest BCUT2D eigenvalue weighted by atomic mass is 10.1. The van der Waals surface area contributed by atoms with E-state index >= 15 is 0 Å². The van der Waals surface area contributed by atoms with Gasteiger partial charge in [0.1, 0.15) is 10.5 Å². The van der Waals surface area contributed by atoms with E-state index < -0.39 is 0 Å². The van der Waals surface area contributed by atoms with Crippen molar-refractivity contribution in [2.75, 3.05) is 0 Å². The Balaban J connectivity index is 1.53. The summed E-state index contributed by atoms with van der Waals surface area (Å²) in [4.78, 5) is 22.7. The molecule has 4 heterocycles. The zero-order valence-corrected chi connectivity index (χ0v) is 18.0. The zero-order valence-electron chi connectivity index (χ0n) is 15.7. The van der Waals surface area contributed by atoms with Crippen LogP contribution < -0.4 is 5.56 Å². The molecule has 4 aromatic heterocycles. The molecule has 0 radical (unpaired) electrons. The van der Waals surface area contributed by atoms with Gasteiger partial charge in [0.15, 0.2) is 5.16 Å². The molecule has 0 unspecified atom stereocenters. The van der Waals surface area contributed by atoms with Gasteiger partial charge in [-0.05, 0) is 17.7 Å².